The van der Waals surface area contributed by atoms with E-state index in [9.17, 15) is 13.2 Å². The van der Waals surface area contributed by atoms with Gasteiger partial charge in [0.05, 0.1) is 11.6 Å². The molecule has 0 atom stereocenters. The maximum absolute atomic E-state index is 10.6. The summed E-state index contributed by atoms with van der Waals surface area (Å²) < 4.78 is 31.7. The minimum absolute atomic E-state index is 0.715. The fourth-order valence-electron chi connectivity index (χ4n) is 0.513. The first-order chi connectivity index (χ1) is 6.88. The van der Waals surface area contributed by atoms with Gasteiger partial charge in [0.25, 0.3) is 0 Å². The maximum atomic E-state index is 10.6. The molecule has 80 valence electrons. The molecule has 0 aliphatic carbocycles. The van der Waals surface area contributed by atoms with E-state index in [1.165, 1.54) is 0 Å². The Hall–Kier alpha value is -2.03. The molecule has 0 unspecified atom stereocenters. The summed E-state index contributed by atoms with van der Waals surface area (Å²) in [5.41, 5.74) is 0.715. The van der Waals surface area contributed by atoms with E-state index in [4.69, 9.17) is 15.2 Å². The van der Waals surface area contributed by atoms with Crippen LogP contribution in [0, 0.1) is 11.3 Å². The minimum Gasteiger partial charge on any atom is -0.475 e. The van der Waals surface area contributed by atoms with Crippen LogP contribution in [0.15, 0.2) is 30.3 Å². The van der Waals surface area contributed by atoms with Gasteiger partial charge in [-0.1, -0.05) is 18.2 Å². The molecule has 0 amide bonds. The van der Waals surface area contributed by atoms with Crippen LogP contribution < -0.4 is 0 Å². The van der Waals surface area contributed by atoms with Crippen molar-refractivity contribution < 1.29 is 23.1 Å². The molecule has 0 bridgehead atoms. The average Bonchev–Trinajstić information content (AvgIpc) is 2.18. The molecular weight excluding hydrogens is 211 g/mol. The van der Waals surface area contributed by atoms with Gasteiger partial charge in [0.15, 0.2) is 0 Å². The van der Waals surface area contributed by atoms with Crippen LogP contribution in [-0.4, -0.2) is 17.3 Å². The van der Waals surface area contributed by atoms with Gasteiger partial charge >= 0.3 is 12.1 Å². The number of alkyl halides is 3. The fraction of sp³-hybridized carbons (Fsp3) is 0.111. The third kappa shape index (κ3) is 6.10. The summed E-state index contributed by atoms with van der Waals surface area (Å²) in [5, 5.41) is 15.4. The number of halogens is 3. The Morgan fingerprint density at radius 2 is 1.67 bits per heavy atom. The first-order valence-corrected chi connectivity index (χ1v) is 3.63. The summed E-state index contributed by atoms with van der Waals surface area (Å²) in [7, 11) is 0. The van der Waals surface area contributed by atoms with Crippen molar-refractivity contribution in [3.63, 3.8) is 0 Å². The molecule has 0 heterocycles. The molecule has 0 aliphatic heterocycles. The number of aliphatic carboxylic acids is 1. The number of nitrogens with zero attached hydrogens (tertiary/aromatic N) is 1. The summed E-state index contributed by atoms with van der Waals surface area (Å²) in [6, 6.07) is 11.2. The van der Waals surface area contributed by atoms with E-state index in [0.717, 1.165) is 0 Å². The van der Waals surface area contributed by atoms with E-state index in [0.29, 0.717) is 5.56 Å². The number of hydrogen-bond donors (Lipinski definition) is 1. The van der Waals surface area contributed by atoms with Crippen LogP contribution >= 0.6 is 0 Å². The van der Waals surface area contributed by atoms with Crippen molar-refractivity contribution in [1.82, 2.24) is 0 Å². The molecule has 1 aromatic rings. The lowest BCUT2D eigenvalue weighted by molar-refractivity contribution is -0.192. The monoisotopic (exact) mass is 217 g/mol. The van der Waals surface area contributed by atoms with Gasteiger partial charge in [-0.25, -0.2) is 4.79 Å². The zero-order valence-corrected chi connectivity index (χ0v) is 7.32. The second-order valence-electron chi connectivity index (χ2n) is 2.28. The highest BCUT2D eigenvalue weighted by atomic mass is 19.4. The lowest BCUT2D eigenvalue weighted by atomic mass is 10.2. The van der Waals surface area contributed by atoms with Gasteiger partial charge in [0.1, 0.15) is 0 Å². The van der Waals surface area contributed by atoms with Crippen LogP contribution in [0.1, 0.15) is 5.56 Å². The Balaban J connectivity index is 0.000000265. The lowest BCUT2D eigenvalue weighted by Crippen LogP contribution is -2.21. The van der Waals surface area contributed by atoms with Crippen molar-refractivity contribution in [3.8, 4) is 6.07 Å². The Kier molecular flexibility index (Phi) is 4.88. The van der Waals surface area contributed by atoms with Gasteiger partial charge in [0, 0.05) is 0 Å². The van der Waals surface area contributed by atoms with Crippen molar-refractivity contribution in [2.45, 2.75) is 6.18 Å². The number of carboxylic acid groups (broad SMARTS) is 1. The normalized spacial score (nSPS) is 9.47. The van der Waals surface area contributed by atoms with Crippen molar-refractivity contribution in [2.24, 2.45) is 0 Å². The molecule has 0 saturated heterocycles. The zero-order chi connectivity index (χ0) is 11.9. The Labute approximate surface area is 83.4 Å². The largest absolute Gasteiger partial charge is 0.490 e. The second-order valence-corrected chi connectivity index (χ2v) is 2.28. The third-order valence-corrected chi connectivity index (χ3v) is 1.15. The predicted octanol–water partition coefficient (Wildman–Crippen LogP) is 2.19. The van der Waals surface area contributed by atoms with E-state index in [1.54, 1.807) is 12.1 Å². The van der Waals surface area contributed by atoms with Gasteiger partial charge in [-0.15, -0.1) is 0 Å². The van der Waals surface area contributed by atoms with Crippen LogP contribution in [0.5, 0.6) is 0 Å². The summed E-state index contributed by atoms with van der Waals surface area (Å²) in [5.74, 6) is -2.76. The van der Waals surface area contributed by atoms with E-state index in [1.807, 2.05) is 24.3 Å². The highest BCUT2D eigenvalue weighted by Gasteiger charge is 2.38. The quantitative estimate of drug-likeness (QED) is 0.724. The number of hydrogen-bond acceptors (Lipinski definition) is 2. The van der Waals surface area contributed by atoms with Gasteiger partial charge in [-0.2, -0.15) is 18.4 Å². The zero-order valence-electron chi connectivity index (χ0n) is 7.32. The molecule has 0 fully saturated rings. The van der Waals surface area contributed by atoms with E-state index >= 15 is 0 Å². The first kappa shape index (κ1) is 13.0. The molecule has 0 aromatic heterocycles. The maximum Gasteiger partial charge on any atom is 0.490 e. The molecular formula is C9H6F3NO2. The van der Waals surface area contributed by atoms with Crippen LogP contribution in [0.2, 0.25) is 0 Å². The van der Waals surface area contributed by atoms with E-state index in [2.05, 4.69) is 0 Å². The fourth-order valence-corrected chi connectivity index (χ4v) is 0.513. The van der Waals surface area contributed by atoms with Crippen LogP contribution in [0.4, 0.5) is 13.2 Å². The third-order valence-electron chi connectivity index (χ3n) is 1.15. The smallest absolute Gasteiger partial charge is 0.475 e. The molecule has 3 nitrogen and oxygen atoms in total. The number of nitriles is 1. The van der Waals surface area contributed by atoms with Crippen LogP contribution in [0.25, 0.3) is 0 Å². The summed E-state index contributed by atoms with van der Waals surface area (Å²) in [6.07, 6.45) is -5.08. The van der Waals surface area contributed by atoms with Gasteiger partial charge in [-0.05, 0) is 12.1 Å². The highest BCUT2D eigenvalue weighted by molar-refractivity contribution is 5.73. The van der Waals surface area contributed by atoms with Crippen molar-refractivity contribution >= 4 is 5.97 Å². The molecule has 15 heavy (non-hydrogen) atoms. The first-order valence-electron chi connectivity index (χ1n) is 3.63. The summed E-state index contributed by atoms with van der Waals surface area (Å²) >= 11 is 0. The number of carbonyl (C=O) groups is 1. The highest BCUT2D eigenvalue weighted by Crippen LogP contribution is 2.13. The molecule has 0 saturated carbocycles. The molecule has 0 spiro atoms. The SMILES string of the molecule is N#Cc1ccccc1.O=C(O)C(F)(F)F. The average molecular weight is 217 g/mol. The predicted molar refractivity (Wildman–Crippen MR) is 44.8 cm³/mol. The molecule has 1 rings (SSSR count). The van der Waals surface area contributed by atoms with Crippen molar-refractivity contribution in [3.05, 3.63) is 35.9 Å². The van der Waals surface area contributed by atoms with E-state index < -0.39 is 12.1 Å². The van der Waals surface area contributed by atoms with Crippen molar-refractivity contribution in [2.75, 3.05) is 0 Å². The topological polar surface area (TPSA) is 61.1 Å². The van der Waals surface area contributed by atoms with Gasteiger partial charge in [-0.3, -0.25) is 0 Å². The number of benzene rings is 1. The lowest BCUT2D eigenvalue weighted by Gasteiger charge is -1.93. The molecule has 1 aromatic carbocycles. The van der Waals surface area contributed by atoms with Crippen LogP contribution in [0.3, 0.4) is 0 Å². The molecule has 0 radical (unpaired) electrons. The molecule has 1 N–H and O–H groups in total. The minimum atomic E-state index is -5.08. The Morgan fingerprint density at radius 1 is 1.27 bits per heavy atom. The Bertz CT molecular complexity index is 354. The van der Waals surface area contributed by atoms with E-state index in [-0.39, 0.29) is 0 Å². The summed E-state index contributed by atoms with van der Waals surface area (Å²) in [4.78, 5) is 8.90. The number of rotatable bonds is 0. The molecule has 0 aliphatic rings. The van der Waals surface area contributed by atoms with Crippen LogP contribution in [-0.2, 0) is 4.79 Å². The summed E-state index contributed by atoms with van der Waals surface area (Å²) in [6.45, 7) is 0. The standard InChI is InChI=1S/C7H5N.C2HF3O2/c8-6-7-4-2-1-3-5-7;3-2(4,5)1(6)7/h1-5H;(H,6,7). The number of carboxylic acids is 1. The second kappa shape index (κ2) is 5.65. The van der Waals surface area contributed by atoms with Crippen molar-refractivity contribution in [1.29, 1.82) is 5.26 Å². The van der Waals surface area contributed by atoms with Gasteiger partial charge < -0.3 is 5.11 Å². The van der Waals surface area contributed by atoms with Gasteiger partial charge in [0.2, 0.25) is 0 Å². The molecule has 6 heteroatoms. The Morgan fingerprint density at radius 3 is 1.87 bits per heavy atom.